The molecule has 0 aliphatic carbocycles. The molecule has 0 amide bonds. The number of aryl methyl sites for hydroxylation is 1. The second-order valence-electron chi connectivity index (χ2n) is 12.5. The average molecular weight is 587 g/mol. The summed E-state index contributed by atoms with van der Waals surface area (Å²) < 4.78 is 13.0. The Labute approximate surface area is 260 Å². The number of fused-ring (bicyclic) bond motifs is 4. The number of hydrogen-bond donors (Lipinski definition) is 0. The highest BCUT2D eigenvalue weighted by atomic mass is 16.5. The third-order valence-electron chi connectivity index (χ3n) is 9.82. The lowest BCUT2D eigenvalue weighted by molar-refractivity contribution is 0.00762. The van der Waals surface area contributed by atoms with Crippen molar-refractivity contribution >= 4 is 10.8 Å². The maximum absolute atomic E-state index is 5.41. The smallest absolute Gasteiger partial charge is 0.118 e. The van der Waals surface area contributed by atoms with Gasteiger partial charge in [0, 0.05) is 56.4 Å². The molecule has 44 heavy (non-hydrogen) atoms. The Morgan fingerprint density at radius 1 is 0.795 bits per heavy atom. The first-order chi connectivity index (χ1) is 21.6. The Balaban J connectivity index is 1.08. The van der Waals surface area contributed by atoms with Crippen molar-refractivity contribution in [1.82, 2.24) is 19.6 Å². The minimum absolute atomic E-state index is 0.517. The topological polar surface area (TPSA) is 42.8 Å². The number of hydrogen-bond acceptors (Lipinski definition) is 5. The highest BCUT2D eigenvalue weighted by molar-refractivity contribution is 5.86. The second kappa shape index (κ2) is 12.5. The maximum atomic E-state index is 5.41. The van der Waals surface area contributed by atoms with Crippen LogP contribution in [-0.2, 0) is 20.1 Å². The van der Waals surface area contributed by atoms with E-state index in [0.717, 1.165) is 43.4 Å². The highest BCUT2D eigenvalue weighted by Crippen LogP contribution is 2.43. The van der Waals surface area contributed by atoms with Gasteiger partial charge in [-0.1, -0.05) is 60.7 Å². The van der Waals surface area contributed by atoms with Crippen molar-refractivity contribution in [3.8, 4) is 22.8 Å². The van der Waals surface area contributed by atoms with Crippen molar-refractivity contribution in [2.45, 2.75) is 37.9 Å². The van der Waals surface area contributed by atoms with Gasteiger partial charge in [-0.2, -0.15) is 5.10 Å². The van der Waals surface area contributed by atoms with Gasteiger partial charge in [0.15, 0.2) is 0 Å². The van der Waals surface area contributed by atoms with Crippen LogP contribution in [0.2, 0.25) is 0 Å². The molecule has 0 saturated carbocycles. The van der Waals surface area contributed by atoms with Crippen LogP contribution in [0.4, 0.5) is 0 Å². The molecule has 1 aromatic heterocycles. The molecule has 226 valence electrons. The Morgan fingerprint density at radius 2 is 1.45 bits per heavy atom. The summed E-state index contributed by atoms with van der Waals surface area (Å²) in [6, 6.07) is 35.2. The predicted molar refractivity (Wildman–Crippen MR) is 177 cm³/mol. The number of benzene rings is 4. The monoisotopic (exact) mass is 586 g/mol. The quantitative estimate of drug-likeness (QED) is 0.174. The minimum atomic E-state index is 0.517. The summed E-state index contributed by atoms with van der Waals surface area (Å²) in [5.74, 6) is 2.99. The number of rotatable bonds is 10. The van der Waals surface area contributed by atoms with E-state index in [-0.39, 0.29) is 0 Å². The van der Waals surface area contributed by atoms with E-state index in [9.17, 15) is 0 Å². The van der Waals surface area contributed by atoms with E-state index in [1.54, 1.807) is 14.2 Å². The van der Waals surface area contributed by atoms with Crippen LogP contribution in [-0.4, -0.2) is 59.5 Å². The number of aromatic nitrogens is 2. The molecule has 0 radical (unpaired) electrons. The summed E-state index contributed by atoms with van der Waals surface area (Å²) in [5.41, 5.74) is 6.26. The lowest BCUT2D eigenvalue weighted by atomic mass is 9.74. The molecule has 3 saturated heterocycles. The van der Waals surface area contributed by atoms with E-state index in [2.05, 4.69) is 119 Å². The molecule has 8 rings (SSSR count). The summed E-state index contributed by atoms with van der Waals surface area (Å²) >= 11 is 0. The molecule has 4 aromatic carbocycles. The zero-order valence-corrected chi connectivity index (χ0v) is 26.0. The van der Waals surface area contributed by atoms with Crippen molar-refractivity contribution in [3.63, 3.8) is 0 Å². The van der Waals surface area contributed by atoms with Crippen LogP contribution < -0.4 is 9.47 Å². The average Bonchev–Trinajstić information content (AvgIpc) is 3.46. The van der Waals surface area contributed by atoms with Gasteiger partial charge in [0.05, 0.1) is 19.9 Å². The van der Waals surface area contributed by atoms with Crippen molar-refractivity contribution in [2.24, 2.45) is 13.0 Å². The van der Waals surface area contributed by atoms with Gasteiger partial charge >= 0.3 is 0 Å². The van der Waals surface area contributed by atoms with E-state index in [1.165, 1.54) is 52.5 Å². The number of ether oxygens (including phenoxy) is 2. The van der Waals surface area contributed by atoms with Crippen LogP contribution in [0.15, 0.2) is 97.1 Å². The van der Waals surface area contributed by atoms with Crippen molar-refractivity contribution in [1.29, 1.82) is 0 Å². The first-order valence-corrected chi connectivity index (χ1v) is 15.8. The second-order valence-corrected chi connectivity index (χ2v) is 12.5. The first kappa shape index (κ1) is 28.6. The third-order valence-corrected chi connectivity index (χ3v) is 9.82. The van der Waals surface area contributed by atoms with Crippen molar-refractivity contribution < 1.29 is 9.47 Å². The molecule has 4 atom stereocenters. The normalized spacial score (nSPS) is 21.2. The molecule has 6 nitrogen and oxygen atoms in total. The van der Waals surface area contributed by atoms with Crippen LogP contribution in [0.5, 0.6) is 11.5 Å². The van der Waals surface area contributed by atoms with Crippen molar-refractivity contribution in [3.05, 3.63) is 114 Å². The molecular formula is C38H42N4O2. The fourth-order valence-corrected chi connectivity index (χ4v) is 7.44. The molecule has 4 heterocycles. The van der Waals surface area contributed by atoms with E-state index < -0.39 is 0 Å². The molecule has 3 fully saturated rings. The van der Waals surface area contributed by atoms with E-state index in [0.29, 0.717) is 17.9 Å². The van der Waals surface area contributed by atoms with Crippen LogP contribution >= 0.6 is 0 Å². The lowest BCUT2D eigenvalue weighted by Crippen LogP contribution is -2.56. The minimum Gasteiger partial charge on any atom is -0.497 e. The molecule has 0 N–H and O–H groups in total. The molecule has 3 aliphatic rings. The van der Waals surface area contributed by atoms with E-state index in [4.69, 9.17) is 14.6 Å². The summed E-state index contributed by atoms with van der Waals surface area (Å²) in [6.45, 7) is 5.15. The molecule has 0 spiro atoms. The molecule has 3 aliphatic heterocycles. The number of methoxy groups -OCH3 is 2. The SMILES string of the molecule is COc1ccc(CN(Cc2ccc(OC)cc2)CC2CC3CCN2CC3c2cc(-c3ccc4ccccc4c3)nn2C)cc1. The molecule has 6 heteroatoms. The van der Waals surface area contributed by atoms with Gasteiger partial charge in [0.25, 0.3) is 0 Å². The van der Waals surface area contributed by atoms with Gasteiger partial charge < -0.3 is 9.47 Å². The van der Waals surface area contributed by atoms with Crippen molar-refractivity contribution in [2.75, 3.05) is 33.9 Å². The predicted octanol–water partition coefficient (Wildman–Crippen LogP) is 7.14. The Kier molecular flexibility index (Phi) is 8.11. The Morgan fingerprint density at radius 3 is 2.07 bits per heavy atom. The first-order valence-electron chi connectivity index (χ1n) is 15.8. The fourth-order valence-electron chi connectivity index (χ4n) is 7.44. The zero-order valence-electron chi connectivity index (χ0n) is 26.0. The van der Waals surface area contributed by atoms with Gasteiger partial charge in [0.1, 0.15) is 11.5 Å². The largest absolute Gasteiger partial charge is 0.497 e. The maximum Gasteiger partial charge on any atom is 0.118 e. The standard InChI is InChI=1S/C38H42N4O2/c1-40-38(22-37(39-40)32-13-12-29-6-4-5-7-30(29)20-32)36-26-42-19-18-31(36)21-33(42)25-41(23-27-8-14-34(43-2)15-9-27)24-28-10-16-35(44-3)17-11-28/h4-17,20,22,31,33,36H,18-19,21,23-26H2,1-3H3. The van der Waals surface area contributed by atoms with Crippen LogP contribution in [0.25, 0.3) is 22.0 Å². The van der Waals surface area contributed by atoms with Gasteiger partial charge in [-0.05, 0) is 83.6 Å². The molecular weight excluding hydrogens is 544 g/mol. The third kappa shape index (κ3) is 5.97. The van der Waals surface area contributed by atoms with Gasteiger partial charge in [-0.25, -0.2) is 0 Å². The fraction of sp³-hybridized carbons (Fsp3) is 0.342. The van der Waals surface area contributed by atoms with Gasteiger partial charge in [0.2, 0.25) is 0 Å². The Hall–Kier alpha value is -4.13. The number of piperidine rings is 3. The number of nitrogens with zero attached hydrogens (tertiary/aromatic N) is 4. The van der Waals surface area contributed by atoms with Gasteiger partial charge in [-0.3, -0.25) is 14.5 Å². The van der Waals surface area contributed by atoms with E-state index >= 15 is 0 Å². The summed E-state index contributed by atoms with van der Waals surface area (Å²) in [7, 11) is 5.57. The summed E-state index contributed by atoms with van der Waals surface area (Å²) in [6.07, 6.45) is 2.48. The molecule has 5 aromatic rings. The lowest BCUT2D eigenvalue weighted by Gasteiger charge is -2.51. The summed E-state index contributed by atoms with van der Waals surface area (Å²) in [4.78, 5) is 5.37. The van der Waals surface area contributed by atoms with Gasteiger partial charge in [-0.15, -0.1) is 0 Å². The van der Waals surface area contributed by atoms with Crippen LogP contribution in [0, 0.1) is 5.92 Å². The van der Waals surface area contributed by atoms with Crippen LogP contribution in [0.1, 0.15) is 35.6 Å². The summed E-state index contributed by atoms with van der Waals surface area (Å²) in [5, 5.41) is 7.53. The van der Waals surface area contributed by atoms with E-state index in [1.807, 2.05) is 0 Å². The molecule has 4 unspecified atom stereocenters. The highest BCUT2D eigenvalue weighted by Gasteiger charge is 2.42. The Bertz CT molecular complexity index is 1660. The zero-order chi connectivity index (χ0) is 30.0. The van der Waals surface area contributed by atoms with Crippen LogP contribution in [0.3, 0.4) is 0 Å². The molecule has 2 bridgehead atoms.